The molecule has 1 saturated heterocycles. The Kier molecular flexibility index (Phi) is 9.58. The molecule has 3 nitrogen and oxygen atoms in total. The van der Waals surface area contributed by atoms with Crippen LogP contribution in [-0.2, 0) is 0 Å². The molecule has 0 unspecified atom stereocenters. The van der Waals surface area contributed by atoms with E-state index in [4.69, 9.17) is 16.3 Å². The van der Waals surface area contributed by atoms with Gasteiger partial charge in [-0.3, -0.25) is 4.90 Å². The van der Waals surface area contributed by atoms with Crippen LogP contribution in [0.4, 0.5) is 5.69 Å². The lowest BCUT2D eigenvalue weighted by atomic mass is 10.2. The summed E-state index contributed by atoms with van der Waals surface area (Å²) in [6.45, 7) is 5.79. The third-order valence-electron chi connectivity index (χ3n) is 3.50. The van der Waals surface area contributed by atoms with Crippen LogP contribution in [-0.4, -0.2) is 45.7 Å². The lowest BCUT2D eigenvalue weighted by Crippen LogP contribution is -3.26. The highest BCUT2D eigenvalue weighted by molar-refractivity contribution is 6.17. The van der Waals surface area contributed by atoms with Gasteiger partial charge >= 0.3 is 0 Å². The Morgan fingerprint density at radius 3 is 2.32 bits per heavy atom. The Bertz CT molecular complexity index is 357. The standard InChI is InChI=1S/C13H19ClN2O.2ClH/c1-17-13-5-3-2-4-12(13)16-10-8-15(7-6-14)9-11-16;;/h2-5H,6-11H2,1H3;2*1H. The highest BCUT2D eigenvalue weighted by Gasteiger charge is 2.25. The number of ether oxygens (including phenoxy) is 1. The van der Waals surface area contributed by atoms with E-state index in [2.05, 4.69) is 12.1 Å². The lowest BCUT2D eigenvalue weighted by Gasteiger charge is -2.29. The minimum atomic E-state index is 0. The normalized spacial score (nSPS) is 22.0. The van der Waals surface area contributed by atoms with Crippen LogP contribution in [0.1, 0.15) is 0 Å². The van der Waals surface area contributed by atoms with Crippen molar-refractivity contribution >= 4 is 17.3 Å². The molecule has 19 heavy (non-hydrogen) atoms. The van der Waals surface area contributed by atoms with E-state index in [1.165, 1.54) is 23.7 Å². The van der Waals surface area contributed by atoms with E-state index in [0.29, 0.717) is 0 Å². The maximum Gasteiger partial charge on any atom is 0.179 e. The summed E-state index contributed by atoms with van der Waals surface area (Å²) in [5.41, 5.74) is 1.29. The van der Waals surface area contributed by atoms with Crippen molar-refractivity contribution in [3.63, 3.8) is 0 Å². The smallest absolute Gasteiger partial charge is 0.179 e. The molecule has 2 rings (SSSR count). The van der Waals surface area contributed by atoms with Crippen molar-refractivity contribution in [3.05, 3.63) is 24.3 Å². The van der Waals surface area contributed by atoms with Gasteiger partial charge in [-0.15, -0.1) is 11.6 Å². The third kappa shape index (κ3) is 5.01. The van der Waals surface area contributed by atoms with Crippen molar-refractivity contribution in [1.29, 1.82) is 0 Å². The molecule has 1 aromatic rings. The van der Waals surface area contributed by atoms with Gasteiger partial charge in [0.2, 0.25) is 0 Å². The average Bonchev–Trinajstić information content (AvgIpc) is 2.40. The molecule has 0 atom stereocenters. The number of benzene rings is 1. The second kappa shape index (κ2) is 9.67. The lowest BCUT2D eigenvalue weighted by molar-refractivity contribution is -0.985. The predicted molar refractivity (Wildman–Crippen MR) is 69.6 cm³/mol. The Balaban J connectivity index is 0.00000162. The SMILES string of the molecule is COc1ccccc1[NH+]1CC[NH+](CCCl)CC1.[Cl-].[Cl-]. The quantitative estimate of drug-likeness (QED) is 0.526. The molecule has 0 saturated carbocycles. The molecule has 2 N–H and O–H groups in total. The zero-order chi connectivity index (χ0) is 12.1. The van der Waals surface area contributed by atoms with Gasteiger partial charge < -0.3 is 34.5 Å². The van der Waals surface area contributed by atoms with Crippen LogP contribution in [0.15, 0.2) is 24.3 Å². The molecule has 0 aromatic heterocycles. The predicted octanol–water partition coefficient (Wildman–Crippen LogP) is -6.64. The second-order valence-corrected chi connectivity index (χ2v) is 4.87. The topological polar surface area (TPSA) is 18.1 Å². The molecular weight excluding hydrogens is 307 g/mol. The monoisotopic (exact) mass is 326 g/mol. The molecule has 110 valence electrons. The number of alkyl halides is 1. The summed E-state index contributed by atoms with van der Waals surface area (Å²) in [7, 11) is 1.74. The number of nitrogens with one attached hydrogen (secondary N) is 2. The average molecular weight is 328 g/mol. The Morgan fingerprint density at radius 2 is 1.74 bits per heavy atom. The van der Waals surface area contributed by atoms with E-state index < -0.39 is 0 Å². The molecule has 0 spiro atoms. The van der Waals surface area contributed by atoms with Gasteiger partial charge in [0, 0.05) is 6.07 Å². The van der Waals surface area contributed by atoms with E-state index in [9.17, 15) is 0 Å². The van der Waals surface area contributed by atoms with Crippen LogP contribution in [0, 0.1) is 0 Å². The minimum Gasteiger partial charge on any atom is -1.00 e. The van der Waals surface area contributed by atoms with Crippen LogP contribution in [0.5, 0.6) is 5.75 Å². The van der Waals surface area contributed by atoms with Gasteiger partial charge in [0.05, 0.1) is 19.5 Å². The van der Waals surface area contributed by atoms with Gasteiger partial charge in [-0.25, -0.2) is 0 Å². The number of piperazine rings is 1. The molecule has 1 heterocycles. The van der Waals surface area contributed by atoms with Crippen LogP contribution in [0.3, 0.4) is 0 Å². The zero-order valence-electron chi connectivity index (χ0n) is 11.1. The number of hydrogen-bond acceptors (Lipinski definition) is 1. The third-order valence-corrected chi connectivity index (χ3v) is 3.69. The van der Waals surface area contributed by atoms with Crippen molar-refractivity contribution in [2.24, 2.45) is 0 Å². The number of quaternary nitrogens is 2. The maximum atomic E-state index is 5.79. The first kappa shape index (κ1) is 18.8. The number of hydrogen-bond donors (Lipinski definition) is 2. The van der Waals surface area contributed by atoms with Crippen LogP contribution in [0.25, 0.3) is 0 Å². The largest absolute Gasteiger partial charge is 1.00 e. The molecule has 0 bridgehead atoms. The van der Waals surface area contributed by atoms with Crippen LogP contribution < -0.4 is 39.4 Å². The molecule has 6 heteroatoms. The van der Waals surface area contributed by atoms with Crippen molar-refractivity contribution < 1.29 is 39.4 Å². The molecule has 1 aromatic carbocycles. The van der Waals surface area contributed by atoms with Gasteiger partial charge in [0.15, 0.2) is 11.4 Å². The molecule has 0 amide bonds. The summed E-state index contributed by atoms with van der Waals surface area (Å²) in [6.07, 6.45) is 0. The minimum absolute atomic E-state index is 0. The van der Waals surface area contributed by atoms with Gasteiger partial charge in [0.25, 0.3) is 0 Å². The van der Waals surface area contributed by atoms with Crippen molar-refractivity contribution in [1.82, 2.24) is 0 Å². The highest BCUT2D eigenvalue weighted by Crippen LogP contribution is 2.18. The number of halogens is 3. The Hall–Kier alpha value is -0.190. The molecule has 1 aliphatic rings. The van der Waals surface area contributed by atoms with E-state index in [1.807, 2.05) is 12.1 Å². The number of rotatable bonds is 4. The van der Waals surface area contributed by atoms with Crippen LogP contribution >= 0.6 is 11.6 Å². The number of para-hydroxylation sites is 2. The van der Waals surface area contributed by atoms with Gasteiger partial charge in [-0.2, -0.15) is 0 Å². The van der Waals surface area contributed by atoms with Crippen molar-refractivity contribution in [2.75, 3.05) is 45.7 Å². The summed E-state index contributed by atoms with van der Waals surface area (Å²) < 4.78 is 5.42. The Morgan fingerprint density at radius 1 is 1.11 bits per heavy atom. The number of methoxy groups -OCH3 is 1. The zero-order valence-corrected chi connectivity index (χ0v) is 13.4. The van der Waals surface area contributed by atoms with Crippen molar-refractivity contribution in [3.8, 4) is 5.75 Å². The van der Waals surface area contributed by atoms with Crippen LogP contribution in [0.2, 0.25) is 0 Å². The molecule has 0 aliphatic carbocycles. The van der Waals surface area contributed by atoms with Gasteiger partial charge in [-0.05, 0) is 6.07 Å². The molecule has 0 radical (unpaired) electrons. The van der Waals surface area contributed by atoms with E-state index >= 15 is 0 Å². The van der Waals surface area contributed by atoms with Gasteiger partial charge in [0.1, 0.15) is 26.2 Å². The molecule has 1 fully saturated rings. The molecular formula is C13H21Cl3N2O. The van der Waals surface area contributed by atoms with E-state index in [-0.39, 0.29) is 24.8 Å². The first-order valence-electron chi connectivity index (χ1n) is 6.22. The fraction of sp³-hybridized carbons (Fsp3) is 0.538. The second-order valence-electron chi connectivity index (χ2n) is 4.49. The first-order chi connectivity index (χ1) is 8.35. The Labute approximate surface area is 132 Å². The van der Waals surface area contributed by atoms with E-state index in [0.717, 1.165) is 31.3 Å². The summed E-state index contributed by atoms with van der Waals surface area (Å²) >= 11 is 5.79. The van der Waals surface area contributed by atoms with Gasteiger partial charge in [-0.1, -0.05) is 12.1 Å². The van der Waals surface area contributed by atoms with E-state index in [1.54, 1.807) is 12.0 Å². The summed E-state index contributed by atoms with van der Waals surface area (Å²) in [5, 5.41) is 0. The fourth-order valence-corrected chi connectivity index (χ4v) is 2.76. The summed E-state index contributed by atoms with van der Waals surface area (Å²) in [6, 6.07) is 8.32. The first-order valence-corrected chi connectivity index (χ1v) is 6.76. The maximum absolute atomic E-state index is 5.79. The molecule has 1 aliphatic heterocycles. The summed E-state index contributed by atoms with van der Waals surface area (Å²) in [4.78, 5) is 3.15. The highest BCUT2D eigenvalue weighted by atomic mass is 35.5. The summed E-state index contributed by atoms with van der Waals surface area (Å²) in [5.74, 6) is 1.77. The fourth-order valence-electron chi connectivity index (χ4n) is 2.50. The van der Waals surface area contributed by atoms with Crippen molar-refractivity contribution in [2.45, 2.75) is 0 Å².